The highest BCUT2D eigenvalue weighted by molar-refractivity contribution is 7.90. The number of hydrogen-bond acceptors (Lipinski definition) is 10. The molecule has 4 amide bonds. The molecule has 17 heteroatoms. The van der Waals surface area contributed by atoms with E-state index < -0.39 is 22.0 Å². The lowest BCUT2D eigenvalue weighted by Crippen LogP contribution is -2.47. The number of hydrogen-bond donors (Lipinski definition) is 8. The number of nitrogens with two attached hydrogens (primary N) is 3. The van der Waals surface area contributed by atoms with Crippen molar-refractivity contribution in [1.82, 2.24) is 29.5 Å². The number of nitrogen functional groups attached to an aromatic ring is 1. The number of rotatable bonds is 5. The van der Waals surface area contributed by atoms with Crippen molar-refractivity contribution in [3.63, 3.8) is 0 Å². The Morgan fingerprint density at radius 1 is 1.00 bits per heavy atom. The van der Waals surface area contributed by atoms with Crippen molar-refractivity contribution in [3.8, 4) is 11.5 Å². The van der Waals surface area contributed by atoms with Crippen molar-refractivity contribution in [1.29, 1.82) is 0 Å². The summed E-state index contributed by atoms with van der Waals surface area (Å²) in [6.07, 6.45) is 10.5. The van der Waals surface area contributed by atoms with Crippen LogP contribution in [0.1, 0.15) is 31.9 Å². The number of urea groups is 1. The minimum Gasteiger partial charge on any atom is -0.508 e. The second-order valence-electron chi connectivity index (χ2n) is 12.4. The maximum absolute atomic E-state index is 12.9. The van der Waals surface area contributed by atoms with Crippen molar-refractivity contribution in [2.24, 2.45) is 17.4 Å². The van der Waals surface area contributed by atoms with E-state index in [1.165, 1.54) is 70.1 Å². The Hall–Kier alpha value is -6.33. The van der Waals surface area contributed by atoms with Crippen LogP contribution in [0.15, 0.2) is 103 Å². The number of imidazole rings is 1. The molecule has 5 aromatic rings. The Bertz CT molecular complexity index is 2110. The predicted octanol–water partition coefficient (Wildman–Crippen LogP) is 3.53. The van der Waals surface area contributed by atoms with Gasteiger partial charge in [-0.1, -0.05) is 24.3 Å². The molecule has 3 aromatic carbocycles. The summed E-state index contributed by atoms with van der Waals surface area (Å²) in [6, 6.07) is 17.4. The van der Waals surface area contributed by atoms with E-state index >= 15 is 0 Å². The maximum Gasteiger partial charge on any atom is 0.309 e. The molecule has 0 radical (unpaired) electrons. The average molecular weight is 776 g/mol. The van der Waals surface area contributed by atoms with Gasteiger partial charge in [0.2, 0.25) is 11.8 Å². The van der Waals surface area contributed by atoms with Crippen LogP contribution in [0, 0.1) is 5.92 Å². The largest absolute Gasteiger partial charge is 0.508 e. The molecule has 0 saturated heterocycles. The van der Waals surface area contributed by atoms with Crippen LogP contribution in [-0.4, -0.2) is 94.0 Å². The molecule has 2 aromatic heterocycles. The topological polar surface area (TPSA) is 267 Å². The van der Waals surface area contributed by atoms with Gasteiger partial charge < -0.3 is 42.3 Å². The highest BCUT2D eigenvalue weighted by Gasteiger charge is 2.36. The third-order valence-electron chi connectivity index (χ3n) is 8.36. The molecule has 0 bridgehead atoms. The second kappa shape index (κ2) is 20.2. The molecule has 0 saturated carbocycles. The Balaban J connectivity index is 0.000000220. The molecule has 3 heterocycles. The summed E-state index contributed by atoms with van der Waals surface area (Å²) in [5.74, 6) is -0.237. The summed E-state index contributed by atoms with van der Waals surface area (Å²) in [4.78, 5) is 46.6. The molecule has 0 unspecified atom stereocenters. The number of fused-ring (bicyclic) bond motifs is 2. The van der Waals surface area contributed by atoms with Crippen LogP contribution >= 0.6 is 0 Å². The molecule has 55 heavy (non-hydrogen) atoms. The van der Waals surface area contributed by atoms with E-state index in [9.17, 15) is 18.0 Å². The molecule has 0 fully saturated rings. The van der Waals surface area contributed by atoms with Crippen LogP contribution in [0.25, 0.3) is 16.5 Å². The SMILES string of the molecule is CC(=O)NS(=O)(=O)c1ccc(N)cc1.CCN(CC)C(=O)[C@@H]1C=C2c3cccc4[nH]cc(c34)C[C@H]2N(C)C1.NC(N)=O.Oc1cccc(O)c1.c1c[nH]cn1. The highest BCUT2D eigenvalue weighted by atomic mass is 32.2. The number of H-pyrrole nitrogens is 2. The Morgan fingerprint density at radius 3 is 2.11 bits per heavy atom. The predicted molar refractivity (Wildman–Crippen MR) is 212 cm³/mol. The van der Waals surface area contributed by atoms with Crippen LogP contribution in [0.5, 0.6) is 11.5 Å². The van der Waals surface area contributed by atoms with Crippen molar-refractivity contribution in [2.75, 3.05) is 32.4 Å². The fourth-order valence-corrected chi connectivity index (χ4v) is 6.97. The summed E-state index contributed by atoms with van der Waals surface area (Å²) >= 11 is 0. The van der Waals surface area contributed by atoms with E-state index in [4.69, 9.17) is 20.7 Å². The number of aromatic nitrogens is 3. The van der Waals surface area contributed by atoms with Gasteiger partial charge in [0.15, 0.2) is 0 Å². The highest BCUT2D eigenvalue weighted by Crippen LogP contribution is 2.41. The van der Waals surface area contributed by atoms with E-state index in [1.807, 2.05) is 9.62 Å². The van der Waals surface area contributed by atoms with E-state index in [-0.39, 0.29) is 28.2 Å². The second-order valence-corrected chi connectivity index (χ2v) is 14.0. The molecule has 1 aliphatic carbocycles. The third kappa shape index (κ3) is 12.6. The van der Waals surface area contributed by atoms with E-state index in [1.54, 1.807) is 24.8 Å². The molecule has 294 valence electrons. The average Bonchev–Trinajstić information content (AvgIpc) is 3.84. The Kier molecular flexibility index (Phi) is 15.8. The van der Waals surface area contributed by atoms with Gasteiger partial charge in [-0.05, 0) is 86.5 Å². The Morgan fingerprint density at radius 2 is 1.62 bits per heavy atom. The summed E-state index contributed by atoms with van der Waals surface area (Å²) in [5.41, 5.74) is 19.6. The molecular weight excluding hydrogens is 727 g/mol. The number of carbonyl (C=O) groups is 3. The van der Waals surface area contributed by atoms with Gasteiger partial charge in [-0.3, -0.25) is 14.5 Å². The summed E-state index contributed by atoms with van der Waals surface area (Å²) in [5, 5.41) is 18.6. The number of anilines is 1. The number of aromatic hydroxyl groups is 2. The standard InChI is InChI=1S/C20H25N3O.C8H10N2O3S.C6H6O2.C3H4N2.CH4N2O/c1-4-23(5-2)20(24)14-9-16-15-7-6-8-17-19(15)13(11-21-17)10-18(16)22(3)12-14;1-6(11)10-14(12,13)8-4-2-7(9)3-5-8;7-5-2-1-3-6(8)4-5;1-2-5-3-4-1;2-1(3)4/h6-9,11,14,18,21H,4-5,10,12H2,1-3H3;2-5H,9H2,1H3,(H,10,11);1-4,7-8H;1-3H,(H,4,5);(H4,2,3,4)/t14-,18-;;;;/m1..../s1. The lowest BCUT2D eigenvalue weighted by atomic mass is 9.79. The molecule has 11 N–H and O–H groups in total. The first-order valence-electron chi connectivity index (χ1n) is 17.2. The van der Waals surface area contributed by atoms with Gasteiger partial charge in [0, 0.05) is 73.8 Å². The van der Waals surface area contributed by atoms with Gasteiger partial charge in [-0.25, -0.2) is 22.9 Å². The van der Waals surface area contributed by atoms with Gasteiger partial charge in [-0.2, -0.15) is 0 Å². The van der Waals surface area contributed by atoms with Gasteiger partial charge >= 0.3 is 6.03 Å². The minimum absolute atomic E-state index is 0.0156. The zero-order valence-corrected chi connectivity index (χ0v) is 32.0. The molecule has 0 spiro atoms. The number of sulfonamides is 1. The number of primary amides is 2. The van der Waals surface area contributed by atoms with Crippen molar-refractivity contribution in [3.05, 3.63) is 109 Å². The third-order valence-corrected chi connectivity index (χ3v) is 9.81. The molecule has 16 nitrogen and oxygen atoms in total. The van der Waals surface area contributed by atoms with Gasteiger partial charge in [0.25, 0.3) is 10.0 Å². The fourth-order valence-electron chi connectivity index (χ4n) is 5.98. The molecular formula is C38H49N9O7S. The number of phenolic OH excluding ortho intramolecular Hbond substituents is 2. The maximum atomic E-state index is 12.9. The molecule has 7 rings (SSSR count). The first-order chi connectivity index (χ1) is 26.1. The number of phenols is 2. The van der Waals surface area contributed by atoms with E-state index in [0.717, 1.165) is 33.0 Å². The van der Waals surface area contributed by atoms with Crippen LogP contribution in [-0.2, 0) is 26.0 Å². The molecule has 2 aliphatic rings. The van der Waals surface area contributed by atoms with Crippen molar-refractivity contribution >= 4 is 50.0 Å². The fraction of sp³-hybridized carbons (Fsp3) is 0.263. The monoisotopic (exact) mass is 775 g/mol. The van der Waals surface area contributed by atoms with E-state index in [0.29, 0.717) is 11.7 Å². The number of nitrogens with zero attached hydrogens (tertiary/aromatic N) is 3. The van der Waals surface area contributed by atoms with Crippen molar-refractivity contribution in [2.45, 2.75) is 38.1 Å². The van der Waals surface area contributed by atoms with Gasteiger partial charge in [-0.15, -0.1) is 0 Å². The van der Waals surface area contributed by atoms with Crippen LogP contribution in [0.2, 0.25) is 0 Å². The lowest BCUT2D eigenvalue weighted by molar-refractivity contribution is -0.134. The normalized spacial score (nSPS) is 15.3. The van der Waals surface area contributed by atoms with Gasteiger partial charge in [0.1, 0.15) is 11.5 Å². The first kappa shape index (κ1) is 43.1. The Labute approximate surface area is 320 Å². The number of likely N-dealkylation sites (N-methyl/N-ethyl adjacent to an activating group) is 1. The van der Waals surface area contributed by atoms with Crippen LogP contribution in [0.4, 0.5) is 10.5 Å². The smallest absolute Gasteiger partial charge is 0.309 e. The van der Waals surface area contributed by atoms with Crippen LogP contribution in [0.3, 0.4) is 0 Å². The van der Waals surface area contributed by atoms with Gasteiger partial charge in [0.05, 0.1) is 17.1 Å². The first-order valence-corrected chi connectivity index (χ1v) is 18.7. The number of aromatic amines is 2. The van der Waals surface area contributed by atoms with E-state index in [2.05, 4.69) is 82.7 Å². The zero-order chi connectivity index (χ0) is 40.7. The number of nitrogens with one attached hydrogen (secondary N) is 3. The summed E-state index contributed by atoms with van der Waals surface area (Å²) in [6.45, 7) is 7.60. The lowest BCUT2D eigenvalue weighted by Gasteiger charge is -2.40. The number of amides is 4. The number of benzene rings is 3. The zero-order valence-electron chi connectivity index (χ0n) is 31.1. The molecule has 2 atom stereocenters. The van der Waals surface area contributed by atoms with Crippen LogP contribution < -0.4 is 21.9 Å². The number of carbonyl (C=O) groups excluding carboxylic acids is 3. The quantitative estimate of drug-likeness (QED) is 0.120. The summed E-state index contributed by atoms with van der Waals surface area (Å²) < 4.78 is 24.6. The summed E-state index contributed by atoms with van der Waals surface area (Å²) in [7, 11) is -1.58. The molecule has 1 aliphatic heterocycles. The van der Waals surface area contributed by atoms with Crippen molar-refractivity contribution < 1.29 is 33.0 Å². The minimum atomic E-state index is -3.73.